The number of aromatic nitrogens is 2. The minimum atomic E-state index is -4.65. The molecule has 0 spiro atoms. The van der Waals surface area contributed by atoms with Gasteiger partial charge < -0.3 is 24.5 Å². The van der Waals surface area contributed by atoms with Gasteiger partial charge in [0.1, 0.15) is 17.2 Å². The summed E-state index contributed by atoms with van der Waals surface area (Å²) in [6.07, 6.45) is 2.61. The molecule has 4 N–H and O–H groups in total. The van der Waals surface area contributed by atoms with Gasteiger partial charge in [-0.05, 0) is 36.5 Å². The van der Waals surface area contributed by atoms with Gasteiger partial charge in [0.25, 0.3) is 0 Å². The molecule has 0 radical (unpaired) electrons. The minimum Gasteiger partial charge on any atom is -0.456 e. The van der Waals surface area contributed by atoms with Crippen molar-refractivity contribution in [1.82, 2.24) is 9.55 Å². The van der Waals surface area contributed by atoms with Crippen molar-refractivity contribution in [3.8, 4) is 11.4 Å². The maximum Gasteiger partial charge on any atom is 0.391 e. The number of nitrogen functional groups attached to an aromatic ring is 1. The van der Waals surface area contributed by atoms with Gasteiger partial charge in [0, 0.05) is 11.9 Å². The highest BCUT2D eigenvalue weighted by Crippen LogP contribution is 2.40. The van der Waals surface area contributed by atoms with Crippen molar-refractivity contribution in [3.63, 3.8) is 0 Å². The summed E-state index contributed by atoms with van der Waals surface area (Å²) in [6, 6.07) is 2.87. The molecule has 0 amide bonds. The Kier molecular flexibility index (Phi) is 6.00. The Morgan fingerprint density at radius 2 is 2.14 bits per heavy atom. The van der Waals surface area contributed by atoms with Crippen LogP contribution in [0.1, 0.15) is 25.8 Å². The number of hydrogen-bond donors (Lipinski definition) is 3. The largest absolute Gasteiger partial charge is 0.456 e. The number of rotatable bonds is 7. The summed E-state index contributed by atoms with van der Waals surface area (Å²) in [5.74, 6) is -0.0507. The van der Waals surface area contributed by atoms with Crippen LogP contribution < -0.4 is 11.2 Å². The lowest BCUT2D eigenvalue weighted by Crippen LogP contribution is -2.11. The Hall–Kier alpha value is -1.67. The fourth-order valence-corrected chi connectivity index (χ4v) is 4.24. The second-order valence-electron chi connectivity index (χ2n) is 7.04. The van der Waals surface area contributed by atoms with Gasteiger partial charge in [0.2, 0.25) is 5.50 Å². The molecule has 10 heteroatoms. The highest BCUT2D eigenvalue weighted by Gasteiger charge is 2.30. The quantitative estimate of drug-likeness (QED) is 0.273. The first-order valence-electron chi connectivity index (χ1n) is 8.82. The number of fused-ring (bicyclic) bond motifs is 1. The third kappa shape index (κ3) is 3.89. The number of halogens is 2. The molecule has 0 aliphatic heterocycles. The lowest BCUT2D eigenvalue weighted by atomic mass is 10.1. The topological polar surface area (TPSA) is 115 Å². The van der Waals surface area contributed by atoms with Gasteiger partial charge in [-0.2, -0.15) is 0 Å². The average molecular weight is 474 g/mol. The Bertz CT molecular complexity index is 1060. The summed E-state index contributed by atoms with van der Waals surface area (Å²) >= 11 is 3.39. The molecule has 0 saturated carbocycles. The van der Waals surface area contributed by atoms with Crippen LogP contribution in [0.3, 0.4) is 0 Å². The molecule has 0 atom stereocenters. The van der Waals surface area contributed by atoms with Crippen LogP contribution in [0.25, 0.3) is 22.4 Å². The van der Waals surface area contributed by atoms with Crippen LogP contribution in [-0.2, 0) is 17.5 Å². The van der Waals surface area contributed by atoms with Crippen LogP contribution in [-0.4, -0.2) is 24.7 Å². The highest BCUT2D eigenvalue weighted by molar-refractivity contribution is 9.09. The molecule has 0 fully saturated rings. The van der Waals surface area contributed by atoms with Crippen LogP contribution in [0.4, 0.5) is 10.1 Å². The van der Waals surface area contributed by atoms with E-state index >= 15 is 0 Å². The van der Waals surface area contributed by atoms with Gasteiger partial charge in [0.15, 0.2) is 0 Å². The van der Waals surface area contributed by atoms with Gasteiger partial charge in [0.05, 0.1) is 23.0 Å². The number of aryl methyl sites for hydroxylation is 1. The van der Waals surface area contributed by atoms with E-state index in [2.05, 4.69) is 20.9 Å². The van der Waals surface area contributed by atoms with Gasteiger partial charge >= 0.3 is 7.60 Å². The maximum atomic E-state index is 14.4. The van der Waals surface area contributed by atoms with Gasteiger partial charge in [-0.3, -0.25) is 4.57 Å². The molecule has 0 saturated heterocycles. The predicted octanol–water partition coefficient (Wildman–Crippen LogP) is 3.80. The standard InChI is InChI=1S/C18H22BrFN3O4P/c1-10(2)9-23-16-11(4-3-6-19)8-13(20)14(21)15(16)22-17(23)12-5-7-27-18(12)28(24,25)26/h5,7-8,10H,3-4,6,9,21H2,1-2H3,(H2,24,25,26). The maximum absolute atomic E-state index is 14.4. The first kappa shape index (κ1) is 21.0. The first-order valence-corrected chi connectivity index (χ1v) is 11.6. The number of anilines is 1. The molecule has 0 unspecified atom stereocenters. The average Bonchev–Trinajstić information content (AvgIpc) is 3.21. The minimum absolute atomic E-state index is 0.0810. The van der Waals surface area contributed by atoms with Gasteiger partial charge in [-0.25, -0.2) is 9.37 Å². The van der Waals surface area contributed by atoms with Crippen molar-refractivity contribution < 1.29 is 23.2 Å². The fourth-order valence-electron chi connectivity index (χ4n) is 3.27. The molecule has 3 aromatic rings. The summed E-state index contributed by atoms with van der Waals surface area (Å²) in [5, 5.41) is 0.760. The number of nitrogens with zero attached hydrogens (tertiary/aromatic N) is 2. The molecule has 2 heterocycles. The van der Waals surface area contributed by atoms with Crippen molar-refractivity contribution >= 4 is 45.7 Å². The van der Waals surface area contributed by atoms with E-state index in [1.54, 1.807) is 0 Å². The van der Waals surface area contributed by atoms with Crippen LogP contribution in [0, 0.1) is 11.7 Å². The predicted molar refractivity (Wildman–Crippen MR) is 110 cm³/mol. The number of furan rings is 1. The van der Waals surface area contributed by atoms with Crippen molar-refractivity contribution in [2.75, 3.05) is 11.1 Å². The van der Waals surface area contributed by atoms with E-state index < -0.39 is 18.9 Å². The molecule has 152 valence electrons. The zero-order valence-electron chi connectivity index (χ0n) is 15.5. The number of alkyl halides is 1. The lowest BCUT2D eigenvalue weighted by Gasteiger charge is -2.14. The lowest BCUT2D eigenvalue weighted by molar-refractivity contribution is 0.376. The van der Waals surface area contributed by atoms with E-state index in [0.717, 1.165) is 17.3 Å². The SMILES string of the molecule is CC(C)Cn1c(-c2ccoc2P(=O)(O)O)nc2c(N)c(F)cc(CCCBr)c21. The molecule has 3 rings (SSSR count). The van der Waals surface area contributed by atoms with E-state index in [1.807, 2.05) is 18.4 Å². The van der Waals surface area contributed by atoms with E-state index in [1.165, 1.54) is 18.4 Å². The van der Waals surface area contributed by atoms with E-state index in [0.29, 0.717) is 24.3 Å². The van der Waals surface area contributed by atoms with E-state index in [4.69, 9.17) is 10.2 Å². The Morgan fingerprint density at radius 1 is 1.43 bits per heavy atom. The van der Waals surface area contributed by atoms with Gasteiger partial charge in [-0.1, -0.05) is 29.8 Å². The van der Waals surface area contributed by atoms with Crippen LogP contribution in [0.15, 0.2) is 22.8 Å². The van der Waals surface area contributed by atoms with E-state index in [9.17, 15) is 18.7 Å². The summed E-state index contributed by atoms with van der Waals surface area (Å²) < 4.78 is 33.2. The number of imidazole rings is 1. The van der Waals surface area contributed by atoms with Crippen LogP contribution in [0.5, 0.6) is 0 Å². The zero-order chi connectivity index (χ0) is 20.6. The molecule has 28 heavy (non-hydrogen) atoms. The molecular formula is C18H22BrFN3O4P. The third-order valence-corrected chi connectivity index (χ3v) is 5.80. The Balaban J connectivity index is 2.36. The summed E-state index contributed by atoms with van der Waals surface area (Å²) in [7, 11) is -4.65. The summed E-state index contributed by atoms with van der Waals surface area (Å²) in [5.41, 5.74) is 7.32. The van der Waals surface area contributed by atoms with Crippen molar-refractivity contribution in [3.05, 3.63) is 29.8 Å². The smallest absolute Gasteiger partial charge is 0.391 e. The summed E-state index contributed by atoms with van der Waals surface area (Å²) in [6.45, 7) is 4.55. The summed E-state index contributed by atoms with van der Waals surface area (Å²) in [4.78, 5) is 23.7. The molecular weight excluding hydrogens is 452 g/mol. The molecule has 0 bridgehead atoms. The molecule has 2 aromatic heterocycles. The highest BCUT2D eigenvalue weighted by atomic mass is 79.9. The Morgan fingerprint density at radius 3 is 2.75 bits per heavy atom. The molecule has 7 nitrogen and oxygen atoms in total. The van der Waals surface area contributed by atoms with Crippen molar-refractivity contribution in [2.45, 2.75) is 33.2 Å². The number of hydrogen-bond acceptors (Lipinski definition) is 4. The second-order valence-corrected chi connectivity index (χ2v) is 9.33. The van der Waals surface area contributed by atoms with Gasteiger partial charge in [-0.15, -0.1) is 0 Å². The van der Waals surface area contributed by atoms with E-state index in [-0.39, 0.29) is 22.7 Å². The van der Waals surface area contributed by atoms with Crippen LogP contribution >= 0.6 is 23.5 Å². The second kappa shape index (κ2) is 7.99. The van der Waals surface area contributed by atoms with Crippen LogP contribution in [0.2, 0.25) is 0 Å². The normalized spacial score (nSPS) is 12.4. The van der Waals surface area contributed by atoms with Crippen molar-refractivity contribution in [1.29, 1.82) is 0 Å². The third-order valence-electron chi connectivity index (χ3n) is 4.36. The molecule has 0 aliphatic rings. The zero-order valence-corrected chi connectivity index (χ0v) is 18.0. The molecule has 0 aliphatic carbocycles. The number of benzene rings is 1. The monoisotopic (exact) mass is 473 g/mol. The first-order chi connectivity index (χ1) is 13.1. The van der Waals surface area contributed by atoms with Crippen molar-refractivity contribution in [2.24, 2.45) is 5.92 Å². The Labute approximate surface area is 170 Å². The molecule has 1 aromatic carbocycles. The fraction of sp³-hybridized carbons (Fsp3) is 0.389. The number of nitrogens with two attached hydrogens (primary N) is 1.